The Labute approximate surface area is 166 Å². The Balaban J connectivity index is 1.41. The van der Waals surface area contributed by atoms with Gasteiger partial charge in [0.1, 0.15) is 0 Å². The highest BCUT2D eigenvalue weighted by atomic mass is 16.7. The number of fused-ring (bicyclic) bond motifs is 2. The van der Waals surface area contributed by atoms with Gasteiger partial charge in [0.15, 0.2) is 17.5 Å². The van der Waals surface area contributed by atoms with Crippen LogP contribution < -0.4 is 20.1 Å². The molecule has 0 radical (unpaired) electrons. The Bertz CT molecular complexity index is 858. The Morgan fingerprint density at radius 1 is 1.32 bits per heavy atom. The molecular formula is C21H29N5O2. The molecule has 1 aliphatic heterocycles. The Kier molecular flexibility index (Phi) is 5.41. The van der Waals surface area contributed by atoms with E-state index in [-0.39, 0.29) is 0 Å². The predicted octanol–water partition coefficient (Wildman–Crippen LogP) is 2.81. The predicted molar refractivity (Wildman–Crippen MR) is 109 cm³/mol. The van der Waals surface area contributed by atoms with Crippen molar-refractivity contribution in [1.82, 2.24) is 20.4 Å². The normalized spacial score (nSPS) is 18.3. The molecule has 2 aliphatic rings. The Morgan fingerprint density at radius 3 is 3.00 bits per heavy atom. The first-order chi connectivity index (χ1) is 13.6. The van der Waals surface area contributed by atoms with Crippen molar-refractivity contribution in [2.24, 2.45) is 4.99 Å². The second kappa shape index (κ2) is 8.12. The molecular weight excluding hydrogens is 354 g/mol. The minimum atomic E-state index is 0.294. The lowest BCUT2D eigenvalue weighted by Crippen LogP contribution is -2.45. The van der Waals surface area contributed by atoms with Crippen LogP contribution in [0.15, 0.2) is 29.4 Å². The van der Waals surface area contributed by atoms with Crippen molar-refractivity contribution in [2.45, 2.75) is 58.7 Å². The third kappa shape index (κ3) is 4.08. The van der Waals surface area contributed by atoms with E-state index in [2.05, 4.69) is 42.3 Å². The summed E-state index contributed by atoms with van der Waals surface area (Å²) in [5.41, 5.74) is 3.70. The summed E-state index contributed by atoms with van der Waals surface area (Å²) in [5, 5.41) is 11.7. The molecule has 0 bridgehead atoms. The van der Waals surface area contributed by atoms with E-state index < -0.39 is 0 Å². The zero-order chi connectivity index (χ0) is 19.5. The molecule has 2 heterocycles. The first-order valence-electron chi connectivity index (χ1n) is 10.1. The van der Waals surface area contributed by atoms with Gasteiger partial charge < -0.3 is 20.1 Å². The summed E-state index contributed by atoms with van der Waals surface area (Å²) in [5.74, 6) is 2.44. The molecule has 7 nitrogen and oxygen atoms in total. The van der Waals surface area contributed by atoms with E-state index >= 15 is 0 Å². The molecule has 0 spiro atoms. The standard InChI is InChI=1S/C21H29N5O2/c1-4-22-21(23-11-15-5-8-19-20(9-15)28-13-27-19)24-17-7-6-16-12-26(14(2)3)25-18(16)10-17/h5,8-9,12,14,17H,4,6-7,10-11,13H2,1-3H3,(H2,22,23,24). The van der Waals surface area contributed by atoms with E-state index in [4.69, 9.17) is 19.6 Å². The SMILES string of the molecule is CCNC(=NCc1ccc2c(c1)OCO2)NC1CCc2cn(C(C)C)nc2C1. The zero-order valence-electron chi connectivity index (χ0n) is 16.9. The van der Waals surface area contributed by atoms with Crippen LogP contribution in [0.5, 0.6) is 11.5 Å². The Morgan fingerprint density at radius 2 is 2.18 bits per heavy atom. The van der Waals surface area contributed by atoms with Crippen LogP contribution in [-0.2, 0) is 19.4 Å². The number of rotatable bonds is 5. The molecule has 1 aromatic carbocycles. The smallest absolute Gasteiger partial charge is 0.231 e. The third-order valence-corrected chi connectivity index (χ3v) is 5.17. The van der Waals surface area contributed by atoms with Crippen molar-refractivity contribution in [3.63, 3.8) is 0 Å². The topological polar surface area (TPSA) is 72.7 Å². The van der Waals surface area contributed by atoms with Crippen LogP contribution in [0.1, 0.15) is 50.1 Å². The number of nitrogens with one attached hydrogen (secondary N) is 2. The van der Waals surface area contributed by atoms with Crippen molar-refractivity contribution in [1.29, 1.82) is 0 Å². The molecule has 150 valence electrons. The molecule has 7 heteroatoms. The lowest BCUT2D eigenvalue weighted by Gasteiger charge is -2.24. The van der Waals surface area contributed by atoms with Gasteiger partial charge in [-0.15, -0.1) is 0 Å². The fourth-order valence-electron chi connectivity index (χ4n) is 3.62. The van der Waals surface area contributed by atoms with Gasteiger partial charge in [-0.1, -0.05) is 6.07 Å². The highest BCUT2D eigenvalue weighted by Crippen LogP contribution is 2.32. The van der Waals surface area contributed by atoms with E-state index in [0.29, 0.717) is 25.4 Å². The lowest BCUT2D eigenvalue weighted by atomic mass is 9.94. The maximum Gasteiger partial charge on any atom is 0.231 e. The van der Waals surface area contributed by atoms with Gasteiger partial charge in [0.05, 0.1) is 12.2 Å². The lowest BCUT2D eigenvalue weighted by molar-refractivity contribution is 0.174. The van der Waals surface area contributed by atoms with Gasteiger partial charge in [0.25, 0.3) is 0 Å². The van der Waals surface area contributed by atoms with Gasteiger partial charge >= 0.3 is 0 Å². The van der Waals surface area contributed by atoms with E-state index in [0.717, 1.165) is 48.8 Å². The van der Waals surface area contributed by atoms with E-state index in [1.54, 1.807) is 0 Å². The maximum absolute atomic E-state index is 5.46. The highest BCUT2D eigenvalue weighted by Gasteiger charge is 2.23. The van der Waals surface area contributed by atoms with Crippen molar-refractivity contribution in [2.75, 3.05) is 13.3 Å². The van der Waals surface area contributed by atoms with Crippen molar-refractivity contribution < 1.29 is 9.47 Å². The number of nitrogens with zero attached hydrogens (tertiary/aromatic N) is 3. The number of aliphatic imine (C=N–C) groups is 1. The van der Waals surface area contributed by atoms with Gasteiger partial charge in [-0.2, -0.15) is 5.10 Å². The zero-order valence-corrected chi connectivity index (χ0v) is 16.9. The first-order valence-corrected chi connectivity index (χ1v) is 10.1. The van der Waals surface area contributed by atoms with Crippen LogP contribution in [-0.4, -0.2) is 35.1 Å². The molecule has 0 saturated heterocycles. The molecule has 28 heavy (non-hydrogen) atoms. The van der Waals surface area contributed by atoms with E-state index in [9.17, 15) is 0 Å². The van der Waals surface area contributed by atoms with Crippen molar-refractivity contribution >= 4 is 5.96 Å². The molecule has 1 aliphatic carbocycles. The number of benzene rings is 1. The second-order valence-corrected chi connectivity index (χ2v) is 7.64. The Hall–Kier alpha value is -2.70. The summed E-state index contributed by atoms with van der Waals surface area (Å²) in [6.45, 7) is 8.13. The minimum Gasteiger partial charge on any atom is -0.454 e. The minimum absolute atomic E-state index is 0.294. The largest absolute Gasteiger partial charge is 0.454 e. The highest BCUT2D eigenvalue weighted by molar-refractivity contribution is 5.80. The van der Waals surface area contributed by atoms with E-state index in [1.165, 1.54) is 11.3 Å². The van der Waals surface area contributed by atoms with Gasteiger partial charge in [0, 0.05) is 31.2 Å². The maximum atomic E-state index is 5.46. The summed E-state index contributed by atoms with van der Waals surface area (Å²) in [7, 11) is 0. The quantitative estimate of drug-likeness (QED) is 0.614. The van der Waals surface area contributed by atoms with Crippen LogP contribution in [0, 0.1) is 0 Å². The van der Waals surface area contributed by atoms with Crippen LogP contribution in [0.3, 0.4) is 0 Å². The monoisotopic (exact) mass is 383 g/mol. The van der Waals surface area contributed by atoms with Crippen molar-refractivity contribution in [3.05, 3.63) is 41.2 Å². The number of hydrogen-bond donors (Lipinski definition) is 2. The summed E-state index contributed by atoms with van der Waals surface area (Å²) in [6, 6.07) is 6.73. The molecule has 0 amide bonds. The molecule has 0 fully saturated rings. The number of aryl methyl sites for hydroxylation is 1. The molecule has 1 atom stereocenters. The number of hydrogen-bond acceptors (Lipinski definition) is 4. The van der Waals surface area contributed by atoms with Crippen LogP contribution in [0.4, 0.5) is 0 Å². The third-order valence-electron chi connectivity index (χ3n) is 5.17. The molecule has 2 aromatic rings. The summed E-state index contributed by atoms with van der Waals surface area (Å²) in [4.78, 5) is 4.77. The summed E-state index contributed by atoms with van der Waals surface area (Å²) < 4.78 is 12.9. The summed E-state index contributed by atoms with van der Waals surface area (Å²) in [6.07, 6.45) is 5.28. The molecule has 2 N–H and O–H groups in total. The van der Waals surface area contributed by atoms with Gasteiger partial charge in [0.2, 0.25) is 6.79 Å². The number of ether oxygens (including phenoxy) is 2. The average Bonchev–Trinajstić information content (AvgIpc) is 3.32. The first kappa shape index (κ1) is 18.7. The van der Waals surface area contributed by atoms with Crippen LogP contribution in [0.25, 0.3) is 0 Å². The van der Waals surface area contributed by atoms with Gasteiger partial charge in [-0.05, 0) is 56.9 Å². The summed E-state index contributed by atoms with van der Waals surface area (Å²) >= 11 is 0. The average molecular weight is 383 g/mol. The second-order valence-electron chi connectivity index (χ2n) is 7.64. The fraction of sp³-hybridized carbons (Fsp3) is 0.524. The van der Waals surface area contributed by atoms with E-state index in [1.807, 2.05) is 18.2 Å². The van der Waals surface area contributed by atoms with Gasteiger partial charge in [-0.25, -0.2) is 4.99 Å². The number of guanidine groups is 1. The molecule has 0 saturated carbocycles. The van der Waals surface area contributed by atoms with Crippen LogP contribution >= 0.6 is 0 Å². The van der Waals surface area contributed by atoms with Crippen LogP contribution in [0.2, 0.25) is 0 Å². The fourth-order valence-corrected chi connectivity index (χ4v) is 3.62. The molecule has 1 aromatic heterocycles. The molecule has 4 rings (SSSR count). The number of aromatic nitrogens is 2. The van der Waals surface area contributed by atoms with Gasteiger partial charge in [-0.3, -0.25) is 4.68 Å². The van der Waals surface area contributed by atoms with Crippen molar-refractivity contribution in [3.8, 4) is 11.5 Å². The molecule has 1 unspecified atom stereocenters.